The van der Waals surface area contributed by atoms with Crippen LogP contribution in [0.1, 0.15) is 17.3 Å². The summed E-state index contributed by atoms with van der Waals surface area (Å²) in [5, 5.41) is 13.2. The average molecular weight is 286 g/mol. The Morgan fingerprint density at radius 3 is 2.89 bits per heavy atom. The Labute approximate surface area is 112 Å². The number of aromatic nitrogens is 1. The highest BCUT2D eigenvalue weighted by molar-refractivity contribution is 7.84. The lowest BCUT2D eigenvalue weighted by atomic mass is 10.2. The van der Waals surface area contributed by atoms with Crippen LogP contribution < -0.4 is 11.1 Å². The summed E-state index contributed by atoms with van der Waals surface area (Å²) in [5.74, 6) is 0.191. The van der Waals surface area contributed by atoms with Gasteiger partial charge in [-0.1, -0.05) is 6.92 Å². The van der Waals surface area contributed by atoms with E-state index in [0.29, 0.717) is 11.5 Å². The first-order valence-electron chi connectivity index (χ1n) is 5.48. The second kappa shape index (κ2) is 6.78. The number of hydrogen-bond acceptors (Lipinski definition) is 6. The molecule has 1 rings (SSSR count). The number of nitrogens with one attached hydrogen (secondary N) is 1. The lowest BCUT2D eigenvalue weighted by molar-refractivity contribution is -0.385. The van der Waals surface area contributed by atoms with Crippen molar-refractivity contribution in [3.05, 3.63) is 27.9 Å². The van der Waals surface area contributed by atoms with Crippen LogP contribution in [-0.4, -0.2) is 38.1 Å². The summed E-state index contributed by atoms with van der Waals surface area (Å²) in [6, 6.07) is 1.14. The van der Waals surface area contributed by atoms with Gasteiger partial charge in [-0.05, 0) is 6.07 Å². The molecule has 0 saturated carbocycles. The first-order valence-corrected chi connectivity index (χ1v) is 6.97. The molecule has 0 spiro atoms. The SMILES string of the molecule is CCS(=O)CCNC(=O)c1cc(N)ncc1[N+](=O)[O-]. The molecule has 1 heterocycles. The molecule has 104 valence electrons. The van der Waals surface area contributed by atoms with Gasteiger partial charge in [0.25, 0.3) is 11.6 Å². The minimum absolute atomic E-state index is 0.0212. The normalized spacial score (nSPS) is 11.8. The first-order chi connectivity index (χ1) is 8.95. The van der Waals surface area contributed by atoms with E-state index in [1.54, 1.807) is 6.92 Å². The van der Waals surface area contributed by atoms with Gasteiger partial charge in [-0.25, -0.2) is 4.98 Å². The van der Waals surface area contributed by atoms with Crippen LogP contribution in [0.15, 0.2) is 12.3 Å². The van der Waals surface area contributed by atoms with Crippen molar-refractivity contribution in [2.45, 2.75) is 6.92 Å². The highest BCUT2D eigenvalue weighted by Crippen LogP contribution is 2.18. The summed E-state index contributed by atoms with van der Waals surface area (Å²) in [6.07, 6.45) is 0.939. The van der Waals surface area contributed by atoms with Crippen LogP contribution in [0.4, 0.5) is 11.5 Å². The third-order valence-electron chi connectivity index (χ3n) is 2.28. The standard InChI is InChI=1S/C10H14N4O4S/c1-2-19(18)4-3-12-10(15)7-5-9(11)13-6-8(7)14(16)17/h5-6H,2-4H2,1H3,(H2,11,13)(H,12,15). The van der Waals surface area contributed by atoms with Crippen LogP contribution >= 0.6 is 0 Å². The maximum absolute atomic E-state index is 11.8. The third kappa shape index (κ3) is 4.28. The zero-order chi connectivity index (χ0) is 14.4. The number of hydrogen-bond donors (Lipinski definition) is 2. The third-order valence-corrected chi connectivity index (χ3v) is 3.59. The number of amides is 1. The Morgan fingerprint density at radius 2 is 2.32 bits per heavy atom. The molecule has 0 aliphatic heterocycles. The fourth-order valence-electron chi connectivity index (χ4n) is 1.31. The molecular weight excluding hydrogens is 272 g/mol. The average Bonchev–Trinajstić information content (AvgIpc) is 2.37. The van der Waals surface area contributed by atoms with Crippen LogP contribution in [0.3, 0.4) is 0 Å². The molecular formula is C10H14N4O4S. The number of nitro groups is 1. The van der Waals surface area contributed by atoms with Gasteiger partial charge < -0.3 is 11.1 Å². The second-order valence-corrected chi connectivity index (χ2v) is 5.44. The summed E-state index contributed by atoms with van der Waals surface area (Å²) in [4.78, 5) is 25.4. The number of pyridine rings is 1. The molecule has 9 heteroatoms. The molecule has 0 aliphatic carbocycles. The van der Waals surface area contributed by atoms with E-state index in [1.165, 1.54) is 0 Å². The summed E-state index contributed by atoms with van der Waals surface area (Å²) in [7, 11) is -1.00. The van der Waals surface area contributed by atoms with Crippen molar-refractivity contribution in [3.8, 4) is 0 Å². The molecule has 1 atom stereocenters. The quantitative estimate of drug-likeness (QED) is 0.562. The van der Waals surface area contributed by atoms with E-state index in [9.17, 15) is 19.1 Å². The minimum atomic E-state index is -1.00. The summed E-state index contributed by atoms with van der Waals surface area (Å²) >= 11 is 0. The molecule has 0 aliphatic rings. The number of nitrogens with zero attached hydrogens (tertiary/aromatic N) is 2. The largest absolute Gasteiger partial charge is 0.384 e. The molecule has 1 aromatic heterocycles. The summed E-state index contributed by atoms with van der Waals surface area (Å²) < 4.78 is 11.2. The van der Waals surface area contributed by atoms with Gasteiger partial charge in [0, 0.05) is 28.9 Å². The topological polar surface area (TPSA) is 128 Å². The molecule has 0 fully saturated rings. The molecule has 0 bridgehead atoms. The van der Waals surface area contributed by atoms with Crippen molar-refractivity contribution in [3.63, 3.8) is 0 Å². The zero-order valence-electron chi connectivity index (χ0n) is 10.3. The van der Waals surface area contributed by atoms with Gasteiger partial charge in [0.05, 0.1) is 4.92 Å². The van der Waals surface area contributed by atoms with Crippen LogP contribution in [0.5, 0.6) is 0 Å². The monoisotopic (exact) mass is 286 g/mol. The fourth-order valence-corrected chi connectivity index (χ4v) is 1.93. The van der Waals surface area contributed by atoms with Crippen molar-refractivity contribution in [1.29, 1.82) is 0 Å². The van der Waals surface area contributed by atoms with Gasteiger partial charge in [-0.3, -0.25) is 19.1 Å². The van der Waals surface area contributed by atoms with Crippen molar-refractivity contribution >= 4 is 28.2 Å². The van der Waals surface area contributed by atoms with E-state index in [-0.39, 0.29) is 17.9 Å². The van der Waals surface area contributed by atoms with E-state index >= 15 is 0 Å². The number of nitrogen functional groups attached to an aromatic ring is 1. The molecule has 0 radical (unpaired) electrons. The smallest absolute Gasteiger partial charge is 0.300 e. The number of nitrogens with two attached hydrogens (primary N) is 1. The van der Waals surface area contributed by atoms with Gasteiger partial charge in [-0.15, -0.1) is 0 Å². The number of rotatable bonds is 6. The van der Waals surface area contributed by atoms with Gasteiger partial charge in [0.2, 0.25) is 0 Å². The fraction of sp³-hybridized carbons (Fsp3) is 0.400. The maximum atomic E-state index is 11.8. The molecule has 0 aromatic carbocycles. The number of carbonyl (C=O) groups is 1. The van der Waals surface area contributed by atoms with Gasteiger partial charge in [0.15, 0.2) is 0 Å². The Kier molecular flexibility index (Phi) is 5.37. The van der Waals surface area contributed by atoms with Gasteiger partial charge in [0.1, 0.15) is 17.6 Å². The first kappa shape index (κ1) is 15.0. The van der Waals surface area contributed by atoms with Gasteiger partial charge >= 0.3 is 0 Å². The Hall–Kier alpha value is -2.03. The molecule has 1 unspecified atom stereocenters. The predicted octanol–water partition coefficient (Wildman–Crippen LogP) is 0.0704. The minimum Gasteiger partial charge on any atom is -0.384 e. The van der Waals surface area contributed by atoms with Crippen LogP contribution in [-0.2, 0) is 10.8 Å². The Balaban J connectivity index is 2.78. The van der Waals surface area contributed by atoms with E-state index in [2.05, 4.69) is 10.3 Å². The van der Waals surface area contributed by atoms with Crippen molar-refractivity contribution in [1.82, 2.24) is 10.3 Å². The van der Waals surface area contributed by atoms with E-state index < -0.39 is 27.3 Å². The molecule has 1 aromatic rings. The lowest BCUT2D eigenvalue weighted by Gasteiger charge is -2.05. The van der Waals surface area contributed by atoms with Crippen LogP contribution in [0.25, 0.3) is 0 Å². The van der Waals surface area contributed by atoms with Crippen molar-refractivity contribution < 1.29 is 13.9 Å². The summed E-state index contributed by atoms with van der Waals surface area (Å²) in [6.45, 7) is 1.95. The molecule has 1 amide bonds. The van der Waals surface area contributed by atoms with Crippen molar-refractivity contribution in [2.24, 2.45) is 0 Å². The molecule has 0 saturated heterocycles. The van der Waals surface area contributed by atoms with Crippen molar-refractivity contribution in [2.75, 3.05) is 23.8 Å². The van der Waals surface area contributed by atoms with Gasteiger partial charge in [-0.2, -0.15) is 0 Å². The Bertz CT molecular complexity index is 520. The lowest BCUT2D eigenvalue weighted by Crippen LogP contribution is -2.28. The zero-order valence-corrected chi connectivity index (χ0v) is 11.1. The highest BCUT2D eigenvalue weighted by atomic mass is 32.2. The summed E-state index contributed by atoms with van der Waals surface area (Å²) in [5.41, 5.74) is 4.83. The van der Waals surface area contributed by atoms with E-state index in [0.717, 1.165) is 12.3 Å². The van der Waals surface area contributed by atoms with E-state index in [1.807, 2.05) is 0 Å². The molecule has 19 heavy (non-hydrogen) atoms. The Morgan fingerprint density at radius 1 is 1.63 bits per heavy atom. The number of anilines is 1. The molecule has 8 nitrogen and oxygen atoms in total. The van der Waals surface area contributed by atoms with Crippen LogP contribution in [0, 0.1) is 10.1 Å². The predicted molar refractivity (Wildman–Crippen MR) is 71.2 cm³/mol. The number of carbonyl (C=O) groups excluding carboxylic acids is 1. The van der Waals surface area contributed by atoms with E-state index in [4.69, 9.17) is 5.73 Å². The molecule has 3 N–H and O–H groups in total. The van der Waals surface area contributed by atoms with Crippen LogP contribution in [0.2, 0.25) is 0 Å². The maximum Gasteiger partial charge on any atom is 0.300 e. The second-order valence-electron chi connectivity index (χ2n) is 3.57. The highest BCUT2D eigenvalue weighted by Gasteiger charge is 2.20.